The molecule has 0 bridgehead atoms. The number of anilines is 1. The molecule has 2 aromatic rings. The van der Waals surface area contributed by atoms with Gasteiger partial charge in [0.15, 0.2) is 0 Å². The number of carbonyl (C=O) groups is 1. The molecule has 5 heteroatoms. The third kappa shape index (κ3) is 3.71. The zero-order chi connectivity index (χ0) is 14.4. The molecule has 1 aromatic carbocycles. The van der Waals surface area contributed by atoms with Gasteiger partial charge in [-0.05, 0) is 30.7 Å². The van der Waals surface area contributed by atoms with E-state index in [2.05, 4.69) is 10.3 Å². The highest BCUT2D eigenvalue weighted by atomic mass is 35.5. The lowest BCUT2D eigenvalue weighted by Crippen LogP contribution is -2.06. The van der Waals surface area contributed by atoms with E-state index in [4.69, 9.17) is 16.3 Å². The van der Waals surface area contributed by atoms with E-state index in [1.165, 1.54) is 6.20 Å². The van der Waals surface area contributed by atoms with Crippen LogP contribution in [0.1, 0.15) is 22.8 Å². The number of rotatable bonds is 5. The molecular weight excluding hydrogens is 276 g/mol. The summed E-state index contributed by atoms with van der Waals surface area (Å²) in [6.45, 7) is 2.70. The van der Waals surface area contributed by atoms with Crippen LogP contribution < -0.4 is 5.32 Å². The Kier molecular flexibility index (Phi) is 4.96. The molecule has 0 amide bonds. The van der Waals surface area contributed by atoms with Crippen LogP contribution in [0.4, 0.5) is 5.82 Å². The van der Waals surface area contributed by atoms with E-state index in [0.29, 0.717) is 29.6 Å². The summed E-state index contributed by atoms with van der Waals surface area (Å²) in [5.41, 5.74) is 1.43. The fourth-order valence-corrected chi connectivity index (χ4v) is 1.86. The molecule has 0 unspecified atom stereocenters. The highest BCUT2D eigenvalue weighted by Crippen LogP contribution is 2.16. The van der Waals surface area contributed by atoms with E-state index >= 15 is 0 Å². The van der Waals surface area contributed by atoms with Gasteiger partial charge in [-0.2, -0.15) is 0 Å². The van der Waals surface area contributed by atoms with Crippen LogP contribution in [-0.4, -0.2) is 17.6 Å². The second-order valence-electron chi connectivity index (χ2n) is 4.10. The van der Waals surface area contributed by atoms with Crippen molar-refractivity contribution in [3.05, 3.63) is 58.7 Å². The summed E-state index contributed by atoms with van der Waals surface area (Å²) in [4.78, 5) is 15.7. The Hall–Kier alpha value is -2.07. The maximum atomic E-state index is 11.5. The molecule has 1 aromatic heterocycles. The van der Waals surface area contributed by atoms with Crippen LogP contribution >= 0.6 is 11.6 Å². The number of hydrogen-bond donors (Lipinski definition) is 1. The highest BCUT2D eigenvalue weighted by molar-refractivity contribution is 6.31. The zero-order valence-corrected chi connectivity index (χ0v) is 11.9. The lowest BCUT2D eigenvalue weighted by Gasteiger charge is -2.07. The number of carbonyl (C=O) groups excluding carboxylic acids is 1. The first-order valence-electron chi connectivity index (χ1n) is 6.31. The van der Waals surface area contributed by atoms with E-state index in [1.54, 1.807) is 19.1 Å². The summed E-state index contributed by atoms with van der Waals surface area (Å²) < 4.78 is 4.90. The minimum Gasteiger partial charge on any atom is -0.462 e. The van der Waals surface area contributed by atoms with Crippen LogP contribution in [0.25, 0.3) is 0 Å². The molecule has 0 atom stereocenters. The first-order valence-corrected chi connectivity index (χ1v) is 6.69. The molecule has 0 aliphatic rings. The molecule has 20 heavy (non-hydrogen) atoms. The van der Waals surface area contributed by atoms with Gasteiger partial charge in [0, 0.05) is 17.8 Å². The summed E-state index contributed by atoms with van der Waals surface area (Å²) in [5, 5.41) is 3.86. The molecule has 1 N–H and O–H groups in total. The fraction of sp³-hybridized carbons (Fsp3) is 0.200. The molecule has 1 heterocycles. The third-order valence-electron chi connectivity index (χ3n) is 2.69. The highest BCUT2D eigenvalue weighted by Gasteiger charge is 2.06. The van der Waals surface area contributed by atoms with Crippen LogP contribution in [0, 0.1) is 0 Å². The van der Waals surface area contributed by atoms with Gasteiger partial charge in [0.25, 0.3) is 0 Å². The lowest BCUT2D eigenvalue weighted by atomic mass is 10.2. The zero-order valence-electron chi connectivity index (χ0n) is 11.1. The van der Waals surface area contributed by atoms with Gasteiger partial charge in [0.05, 0.1) is 12.2 Å². The van der Waals surface area contributed by atoms with Crippen molar-refractivity contribution in [2.75, 3.05) is 11.9 Å². The average Bonchev–Trinajstić information content (AvgIpc) is 2.47. The molecular formula is C15H15ClN2O2. The van der Waals surface area contributed by atoms with Crippen LogP contribution in [0.3, 0.4) is 0 Å². The van der Waals surface area contributed by atoms with E-state index < -0.39 is 0 Å². The van der Waals surface area contributed by atoms with Crippen LogP contribution in [0.5, 0.6) is 0 Å². The molecule has 0 saturated heterocycles. The first kappa shape index (κ1) is 14.3. The van der Waals surface area contributed by atoms with Gasteiger partial charge in [-0.15, -0.1) is 0 Å². The second kappa shape index (κ2) is 6.91. The Morgan fingerprint density at radius 2 is 2.10 bits per heavy atom. The van der Waals surface area contributed by atoms with E-state index in [-0.39, 0.29) is 5.97 Å². The van der Waals surface area contributed by atoms with Gasteiger partial charge < -0.3 is 10.1 Å². The number of hydrogen-bond acceptors (Lipinski definition) is 4. The standard InChI is InChI=1S/C15H15ClN2O2/c1-2-20-15(19)12-7-8-14(18-10-12)17-9-11-5-3-4-6-13(11)16/h3-8,10H,2,9H2,1H3,(H,17,18). The number of halogens is 1. The van der Waals surface area contributed by atoms with Crippen molar-refractivity contribution < 1.29 is 9.53 Å². The van der Waals surface area contributed by atoms with Crippen molar-refractivity contribution in [2.45, 2.75) is 13.5 Å². The van der Waals surface area contributed by atoms with Crippen molar-refractivity contribution in [2.24, 2.45) is 0 Å². The Morgan fingerprint density at radius 3 is 2.75 bits per heavy atom. The maximum absolute atomic E-state index is 11.5. The first-order chi connectivity index (χ1) is 9.70. The quantitative estimate of drug-likeness (QED) is 0.856. The van der Waals surface area contributed by atoms with Gasteiger partial charge >= 0.3 is 5.97 Å². The topological polar surface area (TPSA) is 51.2 Å². The van der Waals surface area contributed by atoms with Crippen molar-refractivity contribution in [1.29, 1.82) is 0 Å². The summed E-state index contributed by atoms with van der Waals surface area (Å²) >= 11 is 6.07. The molecule has 4 nitrogen and oxygen atoms in total. The number of esters is 1. The number of benzene rings is 1. The van der Waals surface area contributed by atoms with Gasteiger partial charge in [-0.1, -0.05) is 29.8 Å². The van der Waals surface area contributed by atoms with E-state index in [0.717, 1.165) is 5.56 Å². The summed E-state index contributed by atoms with van der Waals surface area (Å²) in [5.74, 6) is 0.315. The monoisotopic (exact) mass is 290 g/mol. The summed E-state index contributed by atoms with van der Waals surface area (Å²) in [7, 11) is 0. The number of nitrogens with zero attached hydrogens (tertiary/aromatic N) is 1. The molecule has 0 spiro atoms. The average molecular weight is 291 g/mol. The van der Waals surface area contributed by atoms with Crippen LogP contribution in [-0.2, 0) is 11.3 Å². The molecule has 0 aliphatic carbocycles. The van der Waals surface area contributed by atoms with Crippen molar-refractivity contribution in [3.8, 4) is 0 Å². The largest absolute Gasteiger partial charge is 0.462 e. The predicted octanol–water partition coefficient (Wildman–Crippen LogP) is 3.52. The third-order valence-corrected chi connectivity index (χ3v) is 3.06. The lowest BCUT2D eigenvalue weighted by molar-refractivity contribution is 0.0526. The molecule has 0 radical (unpaired) electrons. The van der Waals surface area contributed by atoms with Gasteiger partial charge in [-0.3, -0.25) is 0 Å². The molecule has 0 aliphatic heterocycles. The number of nitrogens with one attached hydrogen (secondary N) is 1. The molecule has 104 valence electrons. The number of pyridine rings is 1. The fourth-order valence-electron chi connectivity index (χ4n) is 1.66. The van der Waals surface area contributed by atoms with Crippen molar-refractivity contribution >= 4 is 23.4 Å². The Morgan fingerprint density at radius 1 is 1.30 bits per heavy atom. The Bertz CT molecular complexity index is 585. The second-order valence-corrected chi connectivity index (χ2v) is 4.50. The van der Waals surface area contributed by atoms with E-state index in [1.807, 2.05) is 24.3 Å². The van der Waals surface area contributed by atoms with Gasteiger partial charge in [0.1, 0.15) is 5.82 Å². The minimum atomic E-state index is -0.363. The maximum Gasteiger partial charge on any atom is 0.339 e. The van der Waals surface area contributed by atoms with Gasteiger partial charge in [-0.25, -0.2) is 9.78 Å². The Labute approximate surface area is 122 Å². The Balaban J connectivity index is 1.98. The smallest absolute Gasteiger partial charge is 0.339 e. The number of aromatic nitrogens is 1. The van der Waals surface area contributed by atoms with Gasteiger partial charge in [0.2, 0.25) is 0 Å². The van der Waals surface area contributed by atoms with Crippen molar-refractivity contribution in [1.82, 2.24) is 4.98 Å². The van der Waals surface area contributed by atoms with Crippen LogP contribution in [0.2, 0.25) is 5.02 Å². The molecule has 2 rings (SSSR count). The SMILES string of the molecule is CCOC(=O)c1ccc(NCc2ccccc2Cl)nc1. The minimum absolute atomic E-state index is 0.353. The molecule has 0 saturated carbocycles. The van der Waals surface area contributed by atoms with Crippen LogP contribution in [0.15, 0.2) is 42.6 Å². The van der Waals surface area contributed by atoms with E-state index in [9.17, 15) is 4.79 Å². The number of ether oxygens (including phenoxy) is 1. The predicted molar refractivity (Wildman–Crippen MR) is 79.0 cm³/mol. The van der Waals surface area contributed by atoms with Crippen molar-refractivity contribution in [3.63, 3.8) is 0 Å². The molecule has 0 fully saturated rings. The summed E-state index contributed by atoms with van der Waals surface area (Å²) in [6, 6.07) is 11.0. The summed E-state index contributed by atoms with van der Waals surface area (Å²) in [6.07, 6.45) is 1.49. The normalized spacial score (nSPS) is 10.1.